The van der Waals surface area contributed by atoms with Gasteiger partial charge in [0.1, 0.15) is 6.10 Å². The molecule has 3 N–H and O–H groups in total. The van der Waals surface area contributed by atoms with Gasteiger partial charge in [-0.05, 0) is 5.56 Å². The first kappa shape index (κ1) is 12.6. The third-order valence-electron chi connectivity index (χ3n) is 1.95. The van der Waals surface area contributed by atoms with E-state index < -0.39 is 18.2 Å². The third-order valence-corrected chi connectivity index (χ3v) is 1.95. The van der Waals surface area contributed by atoms with E-state index in [0.717, 1.165) is 5.56 Å². The lowest BCUT2D eigenvalue weighted by atomic mass is 10.1. The second kappa shape index (κ2) is 6.18. The standard InChI is InChI=1S/C12H12N2O3/c1-2-6-10(9-7-4-3-5-8-9)17-12(16)14-11(13)15/h1,3-5,7-8,10H,6H2,(H3,13,14,15,16). The van der Waals surface area contributed by atoms with E-state index in [1.54, 1.807) is 24.3 Å². The molecule has 1 aromatic rings. The number of benzene rings is 1. The van der Waals surface area contributed by atoms with Crippen molar-refractivity contribution in [2.45, 2.75) is 12.5 Å². The van der Waals surface area contributed by atoms with Gasteiger partial charge in [0.2, 0.25) is 0 Å². The van der Waals surface area contributed by atoms with E-state index in [9.17, 15) is 9.59 Å². The molecule has 1 unspecified atom stereocenters. The normalized spacial score (nSPS) is 11.0. The first-order valence-electron chi connectivity index (χ1n) is 4.89. The summed E-state index contributed by atoms with van der Waals surface area (Å²) in [6.07, 6.45) is 3.90. The highest BCUT2D eigenvalue weighted by Gasteiger charge is 2.16. The minimum Gasteiger partial charge on any atom is -0.440 e. The van der Waals surface area contributed by atoms with Crippen molar-refractivity contribution in [3.05, 3.63) is 35.9 Å². The Kier molecular flexibility index (Phi) is 4.58. The van der Waals surface area contributed by atoms with Crippen LogP contribution in [0.3, 0.4) is 0 Å². The Morgan fingerprint density at radius 1 is 1.41 bits per heavy atom. The summed E-state index contributed by atoms with van der Waals surface area (Å²) in [4.78, 5) is 21.7. The van der Waals surface area contributed by atoms with Gasteiger partial charge in [-0.2, -0.15) is 0 Å². The number of ether oxygens (including phenoxy) is 1. The fraction of sp³-hybridized carbons (Fsp3) is 0.167. The average Bonchev–Trinajstić information content (AvgIpc) is 2.28. The molecule has 5 heteroatoms. The van der Waals surface area contributed by atoms with E-state index in [4.69, 9.17) is 16.9 Å². The monoisotopic (exact) mass is 232 g/mol. The van der Waals surface area contributed by atoms with Crippen LogP contribution in [-0.4, -0.2) is 12.1 Å². The highest BCUT2D eigenvalue weighted by atomic mass is 16.6. The molecule has 17 heavy (non-hydrogen) atoms. The van der Waals surface area contributed by atoms with Crippen molar-refractivity contribution in [3.8, 4) is 12.3 Å². The number of rotatable bonds is 3. The Hall–Kier alpha value is -2.48. The molecule has 0 bridgehead atoms. The van der Waals surface area contributed by atoms with E-state index in [2.05, 4.69) is 5.92 Å². The molecule has 0 aliphatic carbocycles. The molecular weight excluding hydrogens is 220 g/mol. The lowest BCUT2D eigenvalue weighted by Crippen LogP contribution is -2.36. The molecule has 1 atom stereocenters. The Bertz CT molecular complexity index is 437. The first-order valence-corrected chi connectivity index (χ1v) is 4.89. The third kappa shape index (κ3) is 4.26. The number of nitrogens with two attached hydrogens (primary N) is 1. The molecule has 3 amide bonds. The summed E-state index contributed by atoms with van der Waals surface area (Å²) >= 11 is 0. The number of imide groups is 1. The van der Waals surface area contributed by atoms with Crippen LogP contribution >= 0.6 is 0 Å². The van der Waals surface area contributed by atoms with Crippen LogP contribution < -0.4 is 11.1 Å². The van der Waals surface area contributed by atoms with Gasteiger partial charge in [0, 0.05) is 0 Å². The maximum Gasteiger partial charge on any atom is 0.415 e. The molecule has 0 saturated carbocycles. The predicted molar refractivity (Wildman–Crippen MR) is 61.8 cm³/mol. The number of nitrogens with one attached hydrogen (secondary N) is 1. The number of urea groups is 1. The first-order chi connectivity index (χ1) is 8.13. The van der Waals surface area contributed by atoms with E-state index in [1.165, 1.54) is 0 Å². The molecule has 0 fully saturated rings. The van der Waals surface area contributed by atoms with Crippen LogP contribution in [0.25, 0.3) is 0 Å². The smallest absolute Gasteiger partial charge is 0.415 e. The van der Waals surface area contributed by atoms with Gasteiger partial charge in [0.15, 0.2) is 0 Å². The van der Waals surface area contributed by atoms with Crippen LogP contribution in [-0.2, 0) is 4.74 Å². The Balaban J connectivity index is 2.71. The predicted octanol–water partition coefficient (Wildman–Crippen LogP) is 1.56. The largest absolute Gasteiger partial charge is 0.440 e. The Morgan fingerprint density at radius 2 is 2.06 bits per heavy atom. The fourth-order valence-electron chi connectivity index (χ4n) is 1.26. The van der Waals surface area contributed by atoms with Crippen LogP contribution in [0.2, 0.25) is 0 Å². The van der Waals surface area contributed by atoms with Crippen LogP contribution in [0, 0.1) is 12.3 Å². The van der Waals surface area contributed by atoms with Crippen molar-refractivity contribution in [1.29, 1.82) is 0 Å². The zero-order valence-electron chi connectivity index (χ0n) is 9.05. The summed E-state index contributed by atoms with van der Waals surface area (Å²) in [6.45, 7) is 0. The Labute approximate surface area is 98.9 Å². The summed E-state index contributed by atoms with van der Waals surface area (Å²) in [5.74, 6) is 2.40. The topological polar surface area (TPSA) is 81.4 Å². The van der Waals surface area contributed by atoms with Gasteiger partial charge in [-0.15, -0.1) is 12.3 Å². The minimum absolute atomic E-state index is 0.218. The summed E-state index contributed by atoms with van der Waals surface area (Å²) < 4.78 is 4.99. The Morgan fingerprint density at radius 3 is 2.59 bits per heavy atom. The van der Waals surface area contributed by atoms with Crippen molar-refractivity contribution in [2.75, 3.05) is 0 Å². The van der Waals surface area contributed by atoms with Crippen molar-refractivity contribution in [3.63, 3.8) is 0 Å². The average molecular weight is 232 g/mol. The molecule has 0 aliphatic rings. The number of alkyl carbamates (subject to hydrolysis) is 1. The van der Waals surface area contributed by atoms with Gasteiger partial charge in [-0.25, -0.2) is 14.9 Å². The van der Waals surface area contributed by atoms with Crippen molar-refractivity contribution in [1.82, 2.24) is 5.32 Å². The summed E-state index contributed by atoms with van der Waals surface area (Å²) in [5.41, 5.74) is 5.55. The molecule has 88 valence electrons. The molecule has 0 radical (unpaired) electrons. The van der Waals surface area contributed by atoms with E-state index >= 15 is 0 Å². The van der Waals surface area contributed by atoms with Gasteiger partial charge < -0.3 is 10.5 Å². The molecule has 0 saturated heterocycles. The molecule has 0 heterocycles. The van der Waals surface area contributed by atoms with Crippen molar-refractivity contribution in [2.24, 2.45) is 5.73 Å². The molecule has 5 nitrogen and oxygen atoms in total. The van der Waals surface area contributed by atoms with Crippen molar-refractivity contribution >= 4 is 12.1 Å². The summed E-state index contributed by atoms with van der Waals surface area (Å²) in [5, 5.41) is 1.81. The van der Waals surface area contributed by atoms with Gasteiger partial charge in [0.25, 0.3) is 0 Å². The number of carbonyl (C=O) groups excluding carboxylic acids is 2. The highest BCUT2D eigenvalue weighted by Crippen LogP contribution is 2.20. The van der Waals surface area contributed by atoms with Crippen LogP contribution in [0.4, 0.5) is 9.59 Å². The number of carbonyl (C=O) groups is 2. The number of amides is 3. The molecule has 0 aromatic heterocycles. The number of hydrogen-bond acceptors (Lipinski definition) is 3. The fourth-order valence-corrected chi connectivity index (χ4v) is 1.26. The highest BCUT2D eigenvalue weighted by molar-refractivity contribution is 5.89. The minimum atomic E-state index is -0.970. The van der Waals surface area contributed by atoms with Crippen molar-refractivity contribution < 1.29 is 14.3 Å². The maximum atomic E-state index is 11.2. The number of primary amides is 1. The van der Waals surface area contributed by atoms with Gasteiger partial charge in [0.05, 0.1) is 6.42 Å². The SMILES string of the molecule is C#CCC(OC(=O)NC(N)=O)c1ccccc1. The maximum absolute atomic E-state index is 11.2. The molecule has 0 spiro atoms. The quantitative estimate of drug-likeness (QED) is 0.776. The molecule has 1 rings (SSSR count). The lowest BCUT2D eigenvalue weighted by molar-refractivity contribution is 0.102. The number of hydrogen-bond donors (Lipinski definition) is 2. The lowest BCUT2D eigenvalue weighted by Gasteiger charge is -2.15. The molecule has 1 aromatic carbocycles. The van der Waals surface area contributed by atoms with Crippen LogP contribution in [0.5, 0.6) is 0 Å². The summed E-state index contributed by atoms with van der Waals surface area (Å²) in [6, 6.07) is 8.02. The second-order valence-corrected chi connectivity index (χ2v) is 3.20. The van der Waals surface area contributed by atoms with Gasteiger partial charge in [-0.3, -0.25) is 0 Å². The number of terminal acetylenes is 1. The summed E-state index contributed by atoms with van der Waals surface area (Å²) in [7, 11) is 0. The van der Waals surface area contributed by atoms with E-state index in [1.807, 2.05) is 11.4 Å². The van der Waals surface area contributed by atoms with E-state index in [-0.39, 0.29) is 6.42 Å². The molecular formula is C12H12N2O3. The van der Waals surface area contributed by atoms with Gasteiger partial charge >= 0.3 is 12.1 Å². The zero-order chi connectivity index (χ0) is 12.7. The molecule has 0 aliphatic heterocycles. The van der Waals surface area contributed by atoms with Crippen LogP contribution in [0.1, 0.15) is 18.1 Å². The second-order valence-electron chi connectivity index (χ2n) is 3.20. The van der Waals surface area contributed by atoms with Gasteiger partial charge in [-0.1, -0.05) is 30.3 Å². The zero-order valence-corrected chi connectivity index (χ0v) is 9.05. The van der Waals surface area contributed by atoms with Crippen LogP contribution in [0.15, 0.2) is 30.3 Å². The van der Waals surface area contributed by atoms with E-state index in [0.29, 0.717) is 0 Å².